The Balaban J connectivity index is 1.61. The first-order valence-electron chi connectivity index (χ1n) is 6.67. The minimum atomic E-state index is -1.11. The standard InChI is InChI=1S/C12H18N4O4/c17-11(4-3-9-2-1-7-20-9)13-5-6-16-8-10(12(18)19)14-15-16/h8-9H,1-7H2,(H,13,17)(H,18,19). The molecule has 2 heterocycles. The van der Waals surface area contributed by atoms with Crippen molar-refractivity contribution in [2.45, 2.75) is 38.3 Å². The molecule has 0 bridgehead atoms. The van der Waals surface area contributed by atoms with Crippen molar-refractivity contribution >= 4 is 11.9 Å². The summed E-state index contributed by atoms with van der Waals surface area (Å²) >= 11 is 0. The Labute approximate surface area is 116 Å². The molecule has 1 fully saturated rings. The van der Waals surface area contributed by atoms with Crippen molar-refractivity contribution < 1.29 is 19.4 Å². The van der Waals surface area contributed by atoms with Gasteiger partial charge in [0.25, 0.3) is 0 Å². The maximum atomic E-state index is 11.6. The van der Waals surface area contributed by atoms with Gasteiger partial charge in [0, 0.05) is 19.6 Å². The number of amides is 1. The second-order valence-electron chi connectivity index (χ2n) is 4.70. The highest BCUT2D eigenvalue weighted by atomic mass is 16.5. The van der Waals surface area contributed by atoms with Crippen LogP contribution in [0.4, 0.5) is 0 Å². The molecule has 0 saturated carbocycles. The van der Waals surface area contributed by atoms with Crippen molar-refractivity contribution in [1.29, 1.82) is 0 Å². The Morgan fingerprint density at radius 1 is 1.55 bits per heavy atom. The Morgan fingerprint density at radius 2 is 2.40 bits per heavy atom. The molecule has 1 aromatic heterocycles. The van der Waals surface area contributed by atoms with Crippen LogP contribution in [0.2, 0.25) is 0 Å². The summed E-state index contributed by atoms with van der Waals surface area (Å²) in [5.74, 6) is -1.14. The average Bonchev–Trinajstić information content (AvgIpc) is 3.07. The van der Waals surface area contributed by atoms with Crippen LogP contribution in [-0.2, 0) is 16.1 Å². The summed E-state index contributed by atoms with van der Waals surface area (Å²) in [4.78, 5) is 22.2. The van der Waals surface area contributed by atoms with Gasteiger partial charge in [-0.3, -0.25) is 4.79 Å². The summed E-state index contributed by atoms with van der Waals surface area (Å²) in [6.45, 7) is 1.59. The third-order valence-electron chi connectivity index (χ3n) is 3.14. The van der Waals surface area contributed by atoms with Crippen LogP contribution in [0.25, 0.3) is 0 Å². The van der Waals surface area contributed by atoms with Gasteiger partial charge in [0.05, 0.1) is 18.8 Å². The van der Waals surface area contributed by atoms with Gasteiger partial charge < -0.3 is 15.2 Å². The molecule has 2 N–H and O–H groups in total. The van der Waals surface area contributed by atoms with E-state index in [4.69, 9.17) is 9.84 Å². The fourth-order valence-corrected chi connectivity index (χ4v) is 2.07. The molecule has 110 valence electrons. The zero-order chi connectivity index (χ0) is 14.4. The number of aromatic carboxylic acids is 1. The van der Waals surface area contributed by atoms with Gasteiger partial charge in [-0.2, -0.15) is 0 Å². The van der Waals surface area contributed by atoms with E-state index in [0.717, 1.165) is 25.9 Å². The van der Waals surface area contributed by atoms with E-state index in [1.807, 2.05) is 0 Å². The lowest BCUT2D eigenvalue weighted by molar-refractivity contribution is -0.121. The largest absolute Gasteiger partial charge is 0.476 e. The topological polar surface area (TPSA) is 106 Å². The second-order valence-corrected chi connectivity index (χ2v) is 4.70. The van der Waals surface area contributed by atoms with Crippen LogP contribution >= 0.6 is 0 Å². The van der Waals surface area contributed by atoms with Crippen LogP contribution < -0.4 is 5.32 Å². The van der Waals surface area contributed by atoms with E-state index >= 15 is 0 Å². The van der Waals surface area contributed by atoms with Crippen LogP contribution in [-0.4, -0.2) is 51.2 Å². The first kappa shape index (κ1) is 14.4. The minimum Gasteiger partial charge on any atom is -0.476 e. The highest BCUT2D eigenvalue weighted by Gasteiger charge is 2.16. The molecule has 8 nitrogen and oxygen atoms in total. The summed E-state index contributed by atoms with van der Waals surface area (Å²) in [5, 5.41) is 18.6. The van der Waals surface area contributed by atoms with Gasteiger partial charge in [-0.05, 0) is 19.3 Å². The van der Waals surface area contributed by atoms with Crippen molar-refractivity contribution in [3.05, 3.63) is 11.9 Å². The number of carbonyl (C=O) groups excluding carboxylic acids is 1. The number of hydrogen-bond acceptors (Lipinski definition) is 5. The van der Waals surface area contributed by atoms with E-state index < -0.39 is 5.97 Å². The molecule has 1 unspecified atom stereocenters. The molecule has 8 heteroatoms. The van der Waals surface area contributed by atoms with Gasteiger partial charge in [-0.1, -0.05) is 5.21 Å². The Kier molecular flexibility index (Phi) is 5.05. The van der Waals surface area contributed by atoms with Crippen LogP contribution in [0.5, 0.6) is 0 Å². The van der Waals surface area contributed by atoms with Gasteiger partial charge >= 0.3 is 5.97 Å². The SMILES string of the molecule is O=C(CCC1CCCO1)NCCn1cc(C(=O)O)nn1. The maximum absolute atomic E-state index is 11.6. The highest BCUT2D eigenvalue weighted by molar-refractivity contribution is 5.84. The predicted molar refractivity (Wildman–Crippen MR) is 68.2 cm³/mol. The summed E-state index contributed by atoms with van der Waals surface area (Å²) < 4.78 is 6.84. The molecule has 2 rings (SSSR count). The zero-order valence-corrected chi connectivity index (χ0v) is 11.1. The molecule has 0 spiro atoms. The predicted octanol–water partition coefficient (Wildman–Crippen LogP) is 0.0517. The normalized spacial score (nSPS) is 18.1. The maximum Gasteiger partial charge on any atom is 0.358 e. The quantitative estimate of drug-likeness (QED) is 0.732. The van der Waals surface area contributed by atoms with E-state index in [1.165, 1.54) is 10.9 Å². The van der Waals surface area contributed by atoms with E-state index in [-0.39, 0.29) is 17.7 Å². The average molecular weight is 282 g/mol. The van der Waals surface area contributed by atoms with Crippen LogP contribution in [0.15, 0.2) is 6.20 Å². The molecule has 0 aromatic carbocycles. The van der Waals surface area contributed by atoms with Gasteiger partial charge in [0.1, 0.15) is 0 Å². The fraction of sp³-hybridized carbons (Fsp3) is 0.667. The first-order chi connectivity index (χ1) is 9.65. The van der Waals surface area contributed by atoms with E-state index in [9.17, 15) is 9.59 Å². The van der Waals surface area contributed by atoms with Crippen LogP contribution in [0.1, 0.15) is 36.2 Å². The monoisotopic (exact) mass is 282 g/mol. The lowest BCUT2D eigenvalue weighted by Crippen LogP contribution is -2.28. The molecule has 1 aliphatic heterocycles. The number of nitrogens with one attached hydrogen (secondary N) is 1. The summed E-state index contributed by atoms with van der Waals surface area (Å²) in [5.41, 5.74) is -0.102. The first-order valence-corrected chi connectivity index (χ1v) is 6.67. The van der Waals surface area contributed by atoms with Gasteiger partial charge in [-0.25, -0.2) is 9.48 Å². The summed E-state index contributed by atoms with van der Waals surface area (Å²) in [7, 11) is 0. The Morgan fingerprint density at radius 3 is 3.05 bits per heavy atom. The van der Waals surface area contributed by atoms with Crippen molar-refractivity contribution in [2.24, 2.45) is 0 Å². The molecule has 0 aliphatic carbocycles. The smallest absolute Gasteiger partial charge is 0.358 e. The Bertz CT molecular complexity index is 468. The Hall–Kier alpha value is -1.96. The van der Waals surface area contributed by atoms with Gasteiger partial charge in [0.15, 0.2) is 5.69 Å². The number of carboxylic acids is 1. The molecule has 1 atom stereocenters. The number of carboxylic acid groups (broad SMARTS) is 1. The lowest BCUT2D eigenvalue weighted by Gasteiger charge is -2.09. The van der Waals surface area contributed by atoms with E-state index in [0.29, 0.717) is 19.5 Å². The number of ether oxygens (including phenoxy) is 1. The molecule has 1 aromatic rings. The van der Waals surface area contributed by atoms with Crippen molar-refractivity contribution in [2.75, 3.05) is 13.2 Å². The molecular formula is C12H18N4O4. The van der Waals surface area contributed by atoms with E-state index in [1.54, 1.807) is 0 Å². The summed E-state index contributed by atoms with van der Waals surface area (Å²) in [6, 6.07) is 0. The number of hydrogen-bond donors (Lipinski definition) is 2. The third-order valence-corrected chi connectivity index (χ3v) is 3.14. The van der Waals surface area contributed by atoms with E-state index in [2.05, 4.69) is 15.6 Å². The number of rotatable bonds is 7. The lowest BCUT2D eigenvalue weighted by atomic mass is 10.1. The number of carbonyl (C=O) groups is 2. The molecule has 1 amide bonds. The minimum absolute atomic E-state index is 0.0286. The molecule has 0 radical (unpaired) electrons. The van der Waals surface area contributed by atoms with Gasteiger partial charge in [-0.15, -0.1) is 5.10 Å². The van der Waals surface area contributed by atoms with Crippen LogP contribution in [0.3, 0.4) is 0 Å². The van der Waals surface area contributed by atoms with Crippen molar-refractivity contribution in [1.82, 2.24) is 20.3 Å². The number of nitrogens with zero attached hydrogens (tertiary/aromatic N) is 3. The second kappa shape index (κ2) is 6.99. The zero-order valence-electron chi connectivity index (χ0n) is 11.1. The highest BCUT2D eigenvalue weighted by Crippen LogP contribution is 2.16. The number of aromatic nitrogens is 3. The summed E-state index contributed by atoms with van der Waals surface area (Å²) in [6.07, 6.45) is 4.85. The van der Waals surface area contributed by atoms with Crippen molar-refractivity contribution in [3.8, 4) is 0 Å². The third kappa shape index (κ3) is 4.30. The van der Waals surface area contributed by atoms with Gasteiger partial charge in [0.2, 0.25) is 5.91 Å². The molecule has 1 aliphatic rings. The molecular weight excluding hydrogens is 264 g/mol. The fourth-order valence-electron chi connectivity index (χ4n) is 2.07. The van der Waals surface area contributed by atoms with Crippen LogP contribution in [0, 0.1) is 0 Å². The van der Waals surface area contributed by atoms with Crippen molar-refractivity contribution in [3.63, 3.8) is 0 Å². The molecule has 20 heavy (non-hydrogen) atoms. The molecule has 1 saturated heterocycles.